The van der Waals surface area contributed by atoms with E-state index in [2.05, 4.69) is 10.0 Å². The van der Waals surface area contributed by atoms with Gasteiger partial charge in [0.1, 0.15) is 30.1 Å². The Labute approximate surface area is 195 Å². The average molecular weight is 497 g/mol. The van der Waals surface area contributed by atoms with Crippen molar-refractivity contribution in [3.05, 3.63) is 47.4 Å². The molecule has 12 nitrogen and oxygen atoms in total. The highest BCUT2D eigenvalue weighted by Gasteiger charge is 2.46. The monoisotopic (exact) mass is 496 g/mol. The molecule has 5 atom stereocenters. The number of aliphatic hydroxyl groups excluding tert-OH is 3. The van der Waals surface area contributed by atoms with Crippen LogP contribution in [0.2, 0.25) is 0 Å². The predicted octanol–water partition coefficient (Wildman–Crippen LogP) is -1.47. The fraction of sp³-hybridized carbons (Fsp3) is 0.381. The number of nitrogens with one attached hydrogen (secondary N) is 3. The Morgan fingerprint density at radius 2 is 1.88 bits per heavy atom. The number of benzene rings is 2. The van der Waals surface area contributed by atoms with Crippen LogP contribution in [0.5, 0.6) is 5.75 Å². The second kappa shape index (κ2) is 10.4. The molecule has 0 bridgehead atoms. The second-order valence-corrected chi connectivity index (χ2v) is 9.54. The number of aliphatic hydroxyl groups is 3. The van der Waals surface area contributed by atoms with Gasteiger partial charge >= 0.3 is 0 Å². The van der Waals surface area contributed by atoms with Gasteiger partial charge in [0, 0.05) is 28.8 Å². The Morgan fingerprint density at radius 3 is 2.50 bits per heavy atom. The summed E-state index contributed by atoms with van der Waals surface area (Å²) in [5.74, 6) is -0.427. The molecule has 0 aromatic heterocycles. The Balaban J connectivity index is 2.04. The van der Waals surface area contributed by atoms with Crippen molar-refractivity contribution in [3.8, 4) is 16.9 Å². The van der Waals surface area contributed by atoms with E-state index in [9.17, 15) is 33.4 Å². The molecular weight excluding hydrogens is 470 g/mol. The van der Waals surface area contributed by atoms with Crippen LogP contribution in [-0.2, 0) is 19.6 Å². The van der Waals surface area contributed by atoms with Crippen molar-refractivity contribution in [2.75, 3.05) is 17.6 Å². The molecule has 2 aromatic carbocycles. The van der Waals surface area contributed by atoms with Gasteiger partial charge in [0.05, 0.1) is 18.4 Å². The zero-order valence-corrected chi connectivity index (χ0v) is 19.2. The third-order valence-corrected chi connectivity index (χ3v) is 5.69. The zero-order valence-electron chi connectivity index (χ0n) is 18.3. The summed E-state index contributed by atoms with van der Waals surface area (Å²) < 4.78 is 37.2. The number of ether oxygens (including phenoxy) is 2. The number of hydrogen-bond acceptors (Lipinski definition) is 9. The molecule has 1 aliphatic rings. The first-order valence-corrected chi connectivity index (χ1v) is 12.1. The smallest absolute Gasteiger partial charge is 0.264 e. The van der Waals surface area contributed by atoms with E-state index in [0.717, 1.165) is 6.26 Å². The van der Waals surface area contributed by atoms with Gasteiger partial charge in [-0.3, -0.25) is 9.52 Å². The maximum absolute atomic E-state index is 11.7. The van der Waals surface area contributed by atoms with Crippen molar-refractivity contribution in [1.29, 1.82) is 0 Å². The summed E-state index contributed by atoms with van der Waals surface area (Å²) in [5.41, 5.74) is 1.01. The van der Waals surface area contributed by atoms with Gasteiger partial charge in [0.15, 0.2) is 0 Å². The first-order valence-electron chi connectivity index (χ1n) is 10.2. The first-order chi connectivity index (χ1) is 16.0. The van der Waals surface area contributed by atoms with Crippen molar-refractivity contribution in [2.24, 2.45) is 0 Å². The molecule has 2 aromatic rings. The summed E-state index contributed by atoms with van der Waals surface area (Å²) in [7, 11) is -3.56. The van der Waals surface area contributed by atoms with Gasteiger partial charge in [-0.2, -0.15) is 0 Å². The summed E-state index contributed by atoms with van der Waals surface area (Å²) >= 11 is 0. The maximum atomic E-state index is 11.7. The molecule has 0 aliphatic carbocycles. The van der Waals surface area contributed by atoms with Crippen LogP contribution in [0.25, 0.3) is 11.1 Å². The van der Waals surface area contributed by atoms with Crippen LogP contribution in [0, 0.1) is 4.91 Å². The number of carbonyl (C=O) groups is 1. The van der Waals surface area contributed by atoms with E-state index in [0.29, 0.717) is 5.56 Å². The van der Waals surface area contributed by atoms with Gasteiger partial charge in [-0.15, -0.1) is 0 Å². The van der Waals surface area contributed by atoms with E-state index in [1.54, 1.807) is 12.1 Å². The SMILES string of the molecule is CC(=O)N[C@H]1[C@H](Oc2cccc([NH+]=O)c2-c2cccc(NS(C)(=O)=O)c2)O[C@H](CO)[C@H](O)[C@@H]1O. The minimum absolute atomic E-state index is 0.0954. The first kappa shape index (κ1) is 25.5. The topological polar surface area (TPSA) is 185 Å². The molecule has 6 N–H and O–H groups in total. The summed E-state index contributed by atoms with van der Waals surface area (Å²) in [6.45, 7) is 0.584. The van der Waals surface area contributed by atoms with E-state index in [1.165, 1.54) is 37.3 Å². The van der Waals surface area contributed by atoms with E-state index >= 15 is 0 Å². The van der Waals surface area contributed by atoms with E-state index in [1.807, 2.05) is 5.18 Å². The van der Waals surface area contributed by atoms with Crippen LogP contribution in [0.3, 0.4) is 0 Å². The highest BCUT2D eigenvalue weighted by Crippen LogP contribution is 2.37. The number of carbonyl (C=O) groups excluding carboxylic acids is 1. The van der Waals surface area contributed by atoms with Gasteiger partial charge in [-0.1, -0.05) is 18.2 Å². The van der Waals surface area contributed by atoms with Gasteiger partial charge < -0.3 is 30.1 Å². The largest absolute Gasteiger partial charge is 0.462 e. The molecule has 34 heavy (non-hydrogen) atoms. The van der Waals surface area contributed by atoms with E-state index in [-0.39, 0.29) is 22.7 Å². The highest BCUT2D eigenvalue weighted by molar-refractivity contribution is 7.92. The van der Waals surface area contributed by atoms with Gasteiger partial charge in [0.2, 0.25) is 22.2 Å². The van der Waals surface area contributed by atoms with E-state index < -0.39 is 53.2 Å². The lowest BCUT2D eigenvalue weighted by atomic mass is 9.96. The molecule has 1 heterocycles. The standard InChI is InChI=1S/C21H25N3O9S/c1-11(26)22-18-20(28)19(27)16(10-25)33-21(18)32-15-8-4-7-14(23-29)17(15)12-5-3-6-13(9-12)24-34(2,30)31/h3-9,16,18-21,24-25,27-28H,10H2,1-2H3,(H,22,26)/p+1/t16-,18-,19+,20-,21-/m1/s1. The number of amides is 1. The van der Waals surface area contributed by atoms with Crippen LogP contribution in [0.4, 0.5) is 11.4 Å². The van der Waals surface area contributed by atoms with Crippen molar-refractivity contribution in [2.45, 2.75) is 37.6 Å². The van der Waals surface area contributed by atoms with Crippen LogP contribution in [0.15, 0.2) is 42.5 Å². The summed E-state index contributed by atoms with van der Waals surface area (Å²) in [4.78, 5) is 23.4. The number of hydrogen-bond donors (Lipinski definition) is 6. The van der Waals surface area contributed by atoms with Crippen molar-refractivity contribution in [3.63, 3.8) is 0 Å². The summed E-state index contributed by atoms with van der Waals surface area (Å²) in [6.07, 6.45) is -4.56. The lowest BCUT2D eigenvalue weighted by Gasteiger charge is -2.42. The fourth-order valence-electron chi connectivity index (χ4n) is 3.66. The predicted molar refractivity (Wildman–Crippen MR) is 120 cm³/mol. The third-order valence-electron chi connectivity index (χ3n) is 5.08. The minimum atomic E-state index is -3.56. The molecule has 0 saturated carbocycles. The molecule has 0 radical (unpaired) electrons. The molecule has 1 aliphatic heterocycles. The Hall–Kier alpha value is -3.10. The lowest BCUT2D eigenvalue weighted by Crippen LogP contribution is -2.65. The summed E-state index contributed by atoms with van der Waals surface area (Å²) in [6, 6.07) is 9.52. The molecule has 13 heteroatoms. The molecule has 0 unspecified atom stereocenters. The van der Waals surface area contributed by atoms with E-state index in [4.69, 9.17) is 9.47 Å². The number of nitroso groups, excluding NO2 is 1. The minimum Gasteiger partial charge on any atom is -0.462 e. The molecule has 184 valence electrons. The number of sulfonamides is 1. The Kier molecular flexibility index (Phi) is 7.84. The highest BCUT2D eigenvalue weighted by atomic mass is 32.2. The molecule has 3 rings (SSSR count). The van der Waals surface area contributed by atoms with Crippen LogP contribution < -0.4 is 20.0 Å². The Morgan fingerprint density at radius 1 is 1.18 bits per heavy atom. The maximum Gasteiger partial charge on any atom is 0.264 e. The van der Waals surface area contributed by atoms with Gasteiger partial charge in [0.25, 0.3) is 5.69 Å². The molecule has 1 fully saturated rings. The molecule has 1 saturated heterocycles. The second-order valence-electron chi connectivity index (χ2n) is 7.79. The molecular formula is C21H26N3O9S+. The quantitative estimate of drug-likeness (QED) is 0.254. The van der Waals surface area contributed by atoms with Crippen LogP contribution in [0.1, 0.15) is 6.92 Å². The zero-order chi connectivity index (χ0) is 25.0. The van der Waals surface area contributed by atoms with Crippen molar-refractivity contribution < 1.29 is 43.2 Å². The normalized spacial score (nSPS) is 24.8. The summed E-state index contributed by atoms with van der Waals surface area (Å²) in [5, 5.41) is 34.5. The number of anilines is 1. The third kappa shape index (κ3) is 5.87. The Bertz CT molecular complexity index is 1160. The average Bonchev–Trinajstić information content (AvgIpc) is 2.77. The lowest BCUT2D eigenvalue weighted by molar-refractivity contribution is -0.378. The van der Waals surface area contributed by atoms with Crippen molar-refractivity contribution >= 4 is 27.3 Å². The van der Waals surface area contributed by atoms with Crippen LogP contribution in [-0.4, -0.2) is 73.2 Å². The molecule has 1 amide bonds. The van der Waals surface area contributed by atoms with Gasteiger partial charge in [-0.25, -0.2) is 8.42 Å². The van der Waals surface area contributed by atoms with Crippen molar-refractivity contribution in [1.82, 2.24) is 5.32 Å². The van der Waals surface area contributed by atoms with Crippen LogP contribution >= 0.6 is 0 Å². The number of rotatable bonds is 8. The van der Waals surface area contributed by atoms with Gasteiger partial charge in [-0.05, 0) is 23.8 Å². The molecule has 0 spiro atoms. The fourth-order valence-corrected chi connectivity index (χ4v) is 4.22.